The number of phenols is 1. The van der Waals surface area contributed by atoms with Gasteiger partial charge in [-0.2, -0.15) is 0 Å². The predicted octanol–water partition coefficient (Wildman–Crippen LogP) is 1.62. The van der Waals surface area contributed by atoms with Crippen LogP contribution in [-0.2, 0) is 16.0 Å². The number of benzene rings is 3. The number of hydrogen-bond donors (Lipinski definition) is 6. The number of carbonyl (C=O) groups is 3. The molecule has 3 rings (SSSR count). The topological polar surface area (TPSA) is 163 Å². The molecule has 10 heteroatoms. The zero-order valence-corrected chi connectivity index (χ0v) is 21.8. The van der Waals surface area contributed by atoms with Gasteiger partial charge in [-0.25, -0.2) is 0 Å². The van der Waals surface area contributed by atoms with Gasteiger partial charge < -0.3 is 36.6 Å². The van der Waals surface area contributed by atoms with E-state index >= 15 is 0 Å². The van der Waals surface area contributed by atoms with Crippen molar-refractivity contribution in [2.75, 3.05) is 32.8 Å². The summed E-state index contributed by atoms with van der Waals surface area (Å²) in [6.07, 6.45) is 2.19. The molecule has 1 atom stereocenters. The van der Waals surface area contributed by atoms with E-state index in [1.165, 1.54) is 0 Å². The second-order valence-corrected chi connectivity index (χ2v) is 9.13. The lowest BCUT2D eigenvalue weighted by atomic mass is 10.0. The monoisotopic (exact) mass is 536 g/mol. The van der Waals surface area contributed by atoms with E-state index in [-0.39, 0.29) is 36.6 Å². The van der Waals surface area contributed by atoms with Gasteiger partial charge in [0.25, 0.3) is 5.91 Å². The van der Waals surface area contributed by atoms with Crippen molar-refractivity contribution in [3.05, 3.63) is 71.8 Å². The summed E-state index contributed by atoms with van der Waals surface area (Å²) in [5.41, 5.74) is 7.26. The number of rotatable bonds is 15. The van der Waals surface area contributed by atoms with Crippen molar-refractivity contribution in [3.8, 4) is 11.5 Å². The predicted molar refractivity (Wildman–Crippen MR) is 149 cm³/mol. The van der Waals surface area contributed by atoms with Gasteiger partial charge in [0.2, 0.25) is 11.8 Å². The zero-order valence-electron chi connectivity index (χ0n) is 21.8. The average molecular weight is 537 g/mol. The van der Waals surface area contributed by atoms with Crippen LogP contribution in [0.4, 0.5) is 0 Å². The SMILES string of the molecule is N[C@@H](Cc1ccc(O)cc1)C(=O)NCCCCOc1cc(C(=O)NCC(=O)NCCCO)c2ccccc2c1. The van der Waals surface area contributed by atoms with E-state index < -0.39 is 6.04 Å². The number of carbonyl (C=O) groups excluding carboxylic acids is 3. The fourth-order valence-electron chi connectivity index (χ4n) is 3.92. The van der Waals surface area contributed by atoms with Gasteiger partial charge in [0, 0.05) is 19.7 Å². The number of phenolic OH excluding ortho intramolecular Hbond substituents is 1. The third kappa shape index (κ3) is 9.59. The van der Waals surface area contributed by atoms with Crippen LogP contribution >= 0.6 is 0 Å². The Kier molecular flexibility index (Phi) is 11.5. The van der Waals surface area contributed by atoms with E-state index in [2.05, 4.69) is 16.0 Å². The van der Waals surface area contributed by atoms with E-state index in [0.29, 0.717) is 56.7 Å². The quantitative estimate of drug-likeness (QED) is 0.161. The van der Waals surface area contributed by atoms with Gasteiger partial charge in [-0.1, -0.05) is 36.4 Å². The van der Waals surface area contributed by atoms with Gasteiger partial charge >= 0.3 is 0 Å². The Morgan fingerprint density at radius 2 is 1.64 bits per heavy atom. The Balaban J connectivity index is 1.45. The summed E-state index contributed by atoms with van der Waals surface area (Å²) >= 11 is 0. The molecule has 39 heavy (non-hydrogen) atoms. The highest BCUT2D eigenvalue weighted by Gasteiger charge is 2.15. The number of fused-ring (bicyclic) bond motifs is 1. The molecule has 10 nitrogen and oxygen atoms in total. The van der Waals surface area contributed by atoms with Crippen molar-refractivity contribution >= 4 is 28.5 Å². The Morgan fingerprint density at radius 3 is 2.41 bits per heavy atom. The molecule has 0 radical (unpaired) electrons. The molecule has 0 saturated carbocycles. The summed E-state index contributed by atoms with van der Waals surface area (Å²) in [5, 5.41) is 27.8. The third-order valence-corrected chi connectivity index (χ3v) is 6.01. The van der Waals surface area contributed by atoms with E-state index in [4.69, 9.17) is 15.6 Å². The standard InChI is InChI=1S/C29H36N4O6/c30-26(16-20-8-10-22(35)11-9-20)29(38)32-12-3-4-15-39-23-17-21-6-1-2-7-24(21)25(18-23)28(37)33-19-27(36)31-13-5-14-34/h1-2,6-11,17-18,26,34-35H,3-5,12-16,19,30H2,(H,31,36)(H,32,38)(H,33,37)/t26-/m0/s1. The molecule has 208 valence electrons. The van der Waals surface area contributed by atoms with Crippen molar-refractivity contribution in [3.63, 3.8) is 0 Å². The number of hydrogen-bond acceptors (Lipinski definition) is 7. The lowest BCUT2D eigenvalue weighted by Gasteiger charge is -2.13. The number of aliphatic hydroxyl groups is 1. The Morgan fingerprint density at radius 1 is 0.897 bits per heavy atom. The lowest BCUT2D eigenvalue weighted by Crippen LogP contribution is -2.42. The summed E-state index contributed by atoms with van der Waals surface area (Å²) in [6.45, 7) is 0.997. The van der Waals surface area contributed by atoms with Crippen molar-refractivity contribution in [1.82, 2.24) is 16.0 Å². The Bertz CT molecular complexity index is 1250. The number of nitrogens with two attached hydrogens (primary N) is 1. The highest BCUT2D eigenvalue weighted by molar-refractivity contribution is 6.08. The molecule has 3 amide bonds. The van der Waals surface area contributed by atoms with Gasteiger partial charge in [-0.15, -0.1) is 0 Å². The molecule has 0 spiro atoms. The van der Waals surface area contributed by atoms with Crippen molar-refractivity contribution < 1.29 is 29.3 Å². The summed E-state index contributed by atoms with van der Waals surface area (Å²) in [7, 11) is 0. The minimum atomic E-state index is -0.681. The average Bonchev–Trinajstić information content (AvgIpc) is 2.94. The molecular formula is C29H36N4O6. The molecule has 0 aromatic heterocycles. The Hall–Kier alpha value is -4.15. The summed E-state index contributed by atoms with van der Waals surface area (Å²) in [4.78, 5) is 37.0. The van der Waals surface area contributed by atoms with Crippen LogP contribution in [0.15, 0.2) is 60.7 Å². The fourth-order valence-corrected chi connectivity index (χ4v) is 3.92. The fraction of sp³-hybridized carbons (Fsp3) is 0.345. The first-order valence-corrected chi connectivity index (χ1v) is 13.0. The van der Waals surface area contributed by atoms with Crippen LogP contribution in [0.3, 0.4) is 0 Å². The largest absolute Gasteiger partial charge is 0.508 e. The van der Waals surface area contributed by atoms with Crippen molar-refractivity contribution in [2.24, 2.45) is 5.73 Å². The van der Waals surface area contributed by atoms with Gasteiger partial charge in [-0.05, 0) is 66.3 Å². The van der Waals surface area contributed by atoms with Crippen LogP contribution in [0.5, 0.6) is 11.5 Å². The highest BCUT2D eigenvalue weighted by atomic mass is 16.5. The first kappa shape index (κ1) is 29.4. The highest BCUT2D eigenvalue weighted by Crippen LogP contribution is 2.26. The number of amides is 3. The van der Waals surface area contributed by atoms with E-state index in [9.17, 15) is 19.5 Å². The maximum absolute atomic E-state index is 12.9. The van der Waals surface area contributed by atoms with Crippen LogP contribution in [0, 0.1) is 0 Å². The maximum atomic E-state index is 12.9. The van der Waals surface area contributed by atoms with Crippen LogP contribution in [0.1, 0.15) is 35.2 Å². The number of ether oxygens (including phenoxy) is 1. The lowest BCUT2D eigenvalue weighted by molar-refractivity contribution is -0.122. The third-order valence-electron chi connectivity index (χ3n) is 6.01. The maximum Gasteiger partial charge on any atom is 0.252 e. The molecule has 0 unspecified atom stereocenters. The second kappa shape index (κ2) is 15.3. The van der Waals surface area contributed by atoms with Crippen molar-refractivity contribution in [2.45, 2.75) is 31.7 Å². The molecule has 0 bridgehead atoms. The second-order valence-electron chi connectivity index (χ2n) is 9.13. The van der Waals surface area contributed by atoms with Crippen molar-refractivity contribution in [1.29, 1.82) is 0 Å². The van der Waals surface area contributed by atoms with Gasteiger partial charge in [-0.3, -0.25) is 14.4 Å². The number of aromatic hydroxyl groups is 1. The summed E-state index contributed by atoms with van der Waals surface area (Å²) < 4.78 is 5.90. The molecule has 0 aliphatic heterocycles. The Labute approximate surface area is 227 Å². The minimum absolute atomic E-state index is 0.0176. The molecule has 7 N–H and O–H groups in total. The number of nitrogens with one attached hydrogen (secondary N) is 3. The van der Waals surface area contributed by atoms with Gasteiger partial charge in [0.15, 0.2) is 0 Å². The number of aliphatic hydroxyl groups excluding tert-OH is 1. The van der Waals surface area contributed by atoms with Crippen LogP contribution < -0.4 is 26.4 Å². The zero-order chi connectivity index (χ0) is 28.0. The first-order valence-electron chi connectivity index (χ1n) is 13.0. The van der Waals surface area contributed by atoms with E-state index in [1.807, 2.05) is 30.3 Å². The molecule has 0 saturated heterocycles. The molecule has 0 fully saturated rings. The first-order chi connectivity index (χ1) is 18.9. The molecule has 3 aromatic carbocycles. The number of unbranched alkanes of at least 4 members (excludes halogenated alkanes) is 1. The summed E-state index contributed by atoms with van der Waals surface area (Å²) in [5.74, 6) is -0.262. The minimum Gasteiger partial charge on any atom is -0.508 e. The van der Waals surface area contributed by atoms with Crippen LogP contribution in [0.25, 0.3) is 10.8 Å². The molecular weight excluding hydrogens is 500 g/mol. The van der Waals surface area contributed by atoms with E-state index in [0.717, 1.165) is 16.3 Å². The van der Waals surface area contributed by atoms with Crippen LogP contribution in [-0.4, -0.2) is 66.8 Å². The van der Waals surface area contributed by atoms with E-state index in [1.54, 1.807) is 30.3 Å². The normalized spacial score (nSPS) is 11.5. The molecule has 3 aromatic rings. The van der Waals surface area contributed by atoms with Crippen LogP contribution in [0.2, 0.25) is 0 Å². The smallest absolute Gasteiger partial charge is 0.252 e. The molecule has 0 aliphatic rings. The van der Waals surface area contributed by atoms with Gasteiger partial charge in [0.1, 0.15) is 11.5 Å². The molecule has 0 aliphatic carbocycles. The van der Waals surface area contributed by atoms with Gasteiger partial charge in [0.05, 0.1) is 24.8 Å². The molecule has 0 heterocycles. The summed E-state index contributed by atoms with van der Waals surface area (Å²) in [6, 6.07) is 16.9.